The van der Waals surface area contributed by atoms with Crippen LogP contribution < -0.4 is 0 Å². The normalized spacial score (nSPS) is 12.2. The smallest absolute Gasteiger partial charge is 0.312 e. The van der Waals surface area contributed by atoms with Crippen molar-refractivity contribution < 1.29 is 9.53 Å². The summed E-state index contributed by atoms with van der Waals surface area (Å²) in [4.78, 5) is 12.0. The maximum Gasteiger partial charge on any atom is 0.312 e. The molecule has 0 aliphatic carbocycles. The third kappa shape index (κ3) is 3.37. The highest BCUT2D eigenvalue weighted by molar-refractivity contribution is 9.10. The van der Waals surface area contributed by atoms with E-state index in [2.05, 4.69) is 26.2 Å². The van der Waals surface area contributed by atoms with Gasteiger partial charge in [0, 0.05) is 17.6 Å². The molecule has 106 valence electrons. The van der Waals surface area contributed by atoms with Crippen LogP contribution in [0.2, 0.25) is 5.02 Å². The lowest BCUT2D eigenvalue weighted by atomic mass is 10.1. The van der Waals surface area contributed by atoms with Crippen LogP contribution in [0.1, 0.15) is 24.3 Å². The van der Waals surface area contributed by atoms with E-state index < -0.39 is 6.10 Å². The summed E-state index contributed by atoms with van der Waals surface area (Å²) >= 11 is 9.32. The van der Waals surface area contributed by atoms with E-state index in [9.17, 15) is 4.79 Å². The minimum absolute atomic E-state index is 0.0961. The number of nitrogens with zero attached hydrogens (tertiary/aromatic N) is 3. The van der Waals surface area contributed by atoms with Crippen molar-refractivity contribution in [3.05, 3.63) is 45.1 Å². The van der Waals surface area contributed by atoms with E-state index in [0.29, 0.717) is 15.3 Å². The van der Waals surface area contributed by atoms with Gasteiger partial charge < -0.3 is 4.74 Å². The van der Waals surface area contributed by atoms with Crippen LogP contribution in [-0.4, -0.2) is 21.0 Å². The molecule has 0 fully saturated rings. The van der Waals surface area contributed by atoms with E-state index in [1.165, 1.54) is 4.68 Å². The molecule has 1 heterocycles. The van der Waals surface area contributed by atoms with Gasteiger partial charge in [0.2, 0.25) is 0 Å². The number of aromatic nitrogens is 3. The summed E-state index contributed by atoms with van der Waals surface area (Å²) < 4.78 is 7.46. The minimum atomic E-state index is -0.406. The number of carbonyl (C=O) groups is 1. The molecule has 0 amide bonds. The van der Waals surface area contributed by atoms with Crippen molar-refractivity contribution >= 4 is 33.5 Å². The number of ether oxygens (including phenoxy) is 1. The second kappa shape index (κ2) is 6.37. The van der Waals surface area contributed by atoms with Gasteiger partial charge in [0.1, 0.15) is 6.10 Å². The first-order chi connectivity index (χ1) is 9.49. The third-order valence-electron chi connectivity index (χ3n) is 2.86. The molecule has 1 aromatic carbocycles. The summed E-state index contributed by atoms with van der Waals surface area (Å²) in [6, 6.07) is 7.29. The Hall–Kier alpha value is -1.40. The van der Waals surface area contributed by atoms with Crippen molar-refractivity contribution in [1.82, 2.24) is 15.0 Å². The van der Waals surface area contributed by atoms with Gasteiger partial charge in [0.15, 0.2) is 4.60 Å². The molecule has 0 saturated carbocycles. The van der Waals surface area contributed by atoms with Crippen LogP contribution in [0.4, 0.5) is 0 Å². The largest absolute Gasteiger partial charge is 0.457 e. The Bertz CT molecular complexity index is 610. The summed E-state index contributed by atoms with van der Waals surface area (Å²) in [5.41, 5.74) is 1.45. The summed E-state index contributed by atoms with van der Waals surface area (Å²) in [5, 5.41) is 8.21. The second-order valence-corrected chi connectivity index (χ2v) is 5.44. The summed E-state index contributed by atoms with van der Waals surface area (Å²) in [6.07, 6.45) is -0.310. The van der Waals surface area contributed by atoms with Gasteiger partial charge in [-0.3, -0.25) is 9.48 Å². The fourth-order valence-corrected chi connectivity index (χ4v) is 2.54. The molecule has 0 unspecified atom stereocenters. The molecule has 0 N–H and O–H groups in total. The van der Waals surface area contributed by atoms with E-state index in [4.69, 9.17) is 16.3 Å². The first-order valence-corrected chi connectivity index (χ1v) is 7.14. The van der Waals surface area contributed by atoms with E-state index in [1.807, 2.05) is 18.2 Å². The predicted molar refractivity (Wildman–Crippen MR) is 78.4 cm³/mol. The maximum atomic E-state index is 12.0. The van der Waals surface area contributed by atoms with Gasteiger partial charge in [-0.05, 0) is 28.9 Å². The van der Waals surface area contributed by atoms with Gasteiger partial charge in [-0.15, -0.1) is 5.10 Å². The lowest BCUT2D eigenvalue weighted by molar-refractivity contribution is -0.147. The van der Waals surface area contributed by atoms with Gasteiger partial charge in [0.05, 0.1) is 12.1 Å². The zero-order valence-electron chi connectivity index (χ0n) is 11.0. The molecule has 1 atom stereocenters. The summed E-state index contributed by atoms with van der Waals surface area (Å²) in [6.45, 7) is 1.79. The Balaban J connectivity index is 2.04. The monoisotopic (exact) mass is 357 g/mol. The van der Waals surface area contributed by atoms with Gasteiger partial charge >= 0.3 is 5.97 Å². The summed E-state index contributed by atoms with van der Waals surface area (Å²) in [7, 11) is 1.72. The standard InChI is InChI=1S/C13H13BrClN3O2/c1-8(9-5-3-4-6-10(9)15)20-12(19)7-11-13(14)16-17-18(11)2/h3-6,8H,7H2,1-2H3/t8-/m1/s1. The number of aryl methyl sites for hydroxylation is 1. The molecule has 5 nitrogen and oxygen atoms in total. The number of esters is 1. The highest BCUT2D eigenvalue weighted by Gasteiger charge is 2.18. The lowest BCUT2D eigenvalue weighted by Gasteiger charge is -2.14. The van der Waals surface area contributed by atoms with E-state index in [-0.39, 0.29) is 12.4 Å². The number of carbonyl (C=O) groups excluding carboxylic acids is 1. The number of halogens is 2. The van der Waals surface area contributed by atoms with Crippen LogP contribution >= 0.6 is 27.5 Å². The first kappa shape index (κ1) is 15.0. The van der Waals surface area contributed by atoms with Crippen molar-refractivity contribution in [1.29, 1.82) is 0 Å². The van der Waals surface area contributed by atoms with E-state index in [1.54, 1.807) is 20.0 Å². The van der Waals surface area contributed by atoms with E-state index >= 15 is 0 Å². The Morgan fingerprint density at radius 1 is 1.50 bits per heavy atom. The Morgan fingerprint density at radius 3 is 2.80 bits per heavy atom. The highest BCUT2D eigenvalue weighted by Crippen LogP contribution is 2.25. The van der Waals surface area contributed by atoms with Crippen molar-refractivity contribution in [2.24, 2.45) is 7.05 Å². The molecule has 0 aliphatic rings. The Labute approximate surface area is 130 Å². The van der Waals surface area contributed by atoms with Crippen LogP contribution in [0, 0.1) is 0 Å². The Morgan fingerprint density at radius 2 is 2.20 bits per heavy atom. The second-order valence-electron chi connectivity index (χ2n) is 4.28. The van der Waals surface area contributed by atoms with Gasteiger partial charge in [-0.2, -0.15) is 0 Å². The fourth-order valence-electron chi connectivity index (χ4n) is 1.78. The van der Waals surface area contributed by atoms with E-state index in [0.717, 1.165) is 5.56 Å². The van der Waals surface area contributed by atoms with Crippen LogP contribution in [-0.2, 0) is 23.0 Å². The number of hydrogen-bond acceptors (Lipinski definition) is 4. The van der Waals surface area contributed by atoms with Crippen LogP contribution in [0.15, 0.2) is 28.9 Å². The maximum absolute atomic E-state index is 12.0. The minimum Gasteiger partial charge on any atom is -0.457 e. The molecule has 20 heavy (non-hydrogen) atoms. The number of benzene rings is 1. The lowest BCUT2D eigenvalue weighted by Crippen LogP contribution is -2.14. The Kier molecular flexibility index (Phi) is 4.77. The average molecular weight is 359 g/mol. The molecule has 0 saturated heterocycles. The molecule has 7 heteroatoms. The third-order valence-corrected chi connectivity index (χ3v) is 3.82. The van der Waals surface area contributed by atoms with Gasteiger partial charge in [-0.25, -0.2) is 0 Å². The molecule has 1 aromatic heterocycles. The van der Waals surface area contributed by atoms with Crippen LogP contribution in [0.3, 0.4) is 0 Å². The SMILES string of the molecule is C[C@@H](OC(=O)Cc1c(Br)nnn1C)c1ccccc1Cl. The van der Waals surface area contributed by atoms with Gasteiger partial charge in [-0.1, -0.05) is 35.0 Å². The zero-order chi connectivity index (χ0) is 14.7. The number of hydrogen-bond donors (Lipinski definition) is 0. The quantitative estimate of drug-likeness (QED) is 0.788. The molecular formula is C13H13BrClN3O2. The van der Waals surface area contributed by atoms with Gasteiger partial charge in [0.25, 0.3) is 0 Å². The molecule has 2 aromatic rings. The molecule has 0 aliphatic heterocycles. The molecular weight excluding hydrogens is 346 g/mol. The highest BCUT2D eigenvalue weighted by atomic mass is 79.9. The van der Waals surface area contributed by atoms with Crippen LogP contribution in [0.25, 0.3) is 0 Å². The summed E-state index contributed by atoms with van der Waals surface area (Å²) in [5.74, 6) is -0.358. The van der Waals surface area contributed by atoms with Crippen molar-refractivity contribution in [2.45, 2.75) is 19.4 Å². The average Bonchev–Trinajstić information content (AvgIpc) is 2.71. The zero-order valence-corrected chi connectivity index (χ0v) is 13.3. The first-order valence-electron chi connectivity index (χ1n) is 5.97. The molecule has 0 radical (unpaired) electrons. The molecule has 0 spiro atoms. The molecule has 2 rings (SSSR count). The predicted octanol–water partition coefficient (Wildman–Crippen LogP) is 3.08. The van der Waals surface area contributed by atoms with Crippen molar-refractivity contribution in [2.75, 3.05) is 0 Å². The topological polar surface area (TPSA) is 57.0 Å². The number of rotatable bonds is 4. The van der Waals surface area contributed by atoms with Crippen molar-refractivity contribution in [3.63, 3.8) is 0 Å². The van der Waals surface area contributed by atoms with Crippen molar-refractivity contribution in [3.8, 4) is 0 Å². The molecule has 0 bridgehead atoms. The van der Waals surface area contributed by atoms with Crippen LogP contribution in [0.5, 0.6) is 0 Å². The fraction of sp³-hybridized carbons (Fsp3) is 0.308.